The van der Waals surface area contributed by atoms with Gasteiger partial charge in [-0.05, 0) is 38.2 Å². The van der Waals surface area contributed by atoms with Crippen LogP contribution in [0.3, 0.4) is 0 Å². The SMILES string of the molecule is O=C(COO)c1cc2c(c(O)c1CC1=CCCCC1)C(=O)CO2. The van der Waals surface area contributed by atoms with Crippen molar-refractivity contribution in [1.29, 1.82) is 0 Å². The lowest BCUT2D eigenvalue weighted by Gasteiger charge is -2.17. The van der Waals surface area contributed by atoms with Crippen LogP contribution in [0.4, 0.5) is 0 Å². The van der Waals surface area contributed by atoms with Crippen LogP contribution in [-0.4, -0.2) is 35.1 Å². The summed E-state index contributed by atoms with van der Waals surface area (Å²) in [4.78, 5) is 28.0. The van der Waals surface area contributed by atoms with Crippen LogP contribution < -0.4 is 4.74 Å². The van der Waals surface area contributed by atoms with E-state index in [1.165, 1.54) is 6.07 Å². The average Bonchev–Trinajstić information content (AvgIpc) is 2.92. The monoisotopic (exact) mass is 318 g/mol. The molecule has 0 bridgehead atoms. The minimum atomic E-state index is -0.516. The van der Waals surface area contributed by atoms with E-state index in [2.05, 4.69) is 11.0 Å². The maximum Gasteiger partial charge on any atom is 0.207 e. The molecular weight excluding hydrogens is 300 g/mol. The third-order valence-electron chi connectivity index (χ3n) is 4.29. The molecule has 6 heteroatoms. The van der Waals surface area contributed by atoms with Crippen LogP contribution in [0.25, 0.3) is 0 Å². The predicted molar refractivity (Wildman–Crippen MR) is 81.1 cm³/mol. The van der Waals surface area contributed by atoms with E-state index in [4.69, 9.17) is 9.99 Å². The van der Waals surface area contributed by atoms with Crippen molar-refractivity contribution >= 4 is 11.6 Å². The molecule has 3 rings (SSSR count). The molecule has 0 spiro atoms. The van der Waals surface area contributed by atoms with Gasteiger partial charge in [0.1, 0.15) is 23.7 Å². The molecule has 1 aromatic carbocycles. The molecule has 0 fully saturated rings. The smallest absolute Gasteiger partial charge is 0.207 e. The summed E-state index contributed by atoms with van der Waals surface area (Å²) in [5.74, 6) is -0.762. The van der Waals surface area contributed by atoms with Gasteiger partial charge in [0.25, 0.3) is 0 Å². The zero-order valence-electron chi connectivity index (χ0n) is 12.6. The number of hydrogen-bond donors (Lipinski definition) is 2. The van der Waals surface area contributed by atoms with E-state index in [1.807, 2.05) is 0 Å². The number of benzene rings is 1. The Morgan fingerprint density at radius 3 is 2.87 bits per heavy atom. The molecule has 2 N–H and O–H groups in total. The van der Waals surface area contributed by atoms with Crippen LogP contribution in [-0.2, 0) is 11.3 Å². The molecule has 0 atom stereocenters. The van der Waals surface area contributed by atoms with Gasteiger partial charge in [-0.1, -0.05) is 11.6 Å². The molecule has 1 heterocycles. The molecular formula is C17H18O6. The number of fused-ring (bicyclic) bond motifs is 1. The summed E-state index contributed by atoms with van der Waals surface area (Å²) in [6.45, 7) is -0.655. The Kier molecular flexibility index (Phi) is 4.45. The fourth-order valence-electron chi connectivity index (χ4n) is 3.14. The van der Waals surface area contributed by atoms with E-state index in [9.17, 15) is 14.7 Å². The maximum absolute atomic E-state index is 12.2. The fourth-order valence-corrected chi connectivity index (χ4v) is 3.14. The first kappa shape index (κ1) is 15.7. The summed E-state index contributed by atoms with van der Waals surface area (Å²) >= 11 is 0. The molecule has 0 radical (unpaired) electrons. The second-order valence-corrected chi connectivity index (χ2v) is 5.82. The lowest BCUT2D eigenvalue weighted by Crippen LogP contribution is -2.12. The van der Waals surface area contributed by atoms with Crippen molar-refractivity contribution in [3.05, 3.63) is 34.4 Å². The number of allylic oxidation sites excluding steroid dienone is 2. The van der Waals surface area contributed by atoms with Crippen LogP contribution >= 0.6 is 0 Å². The van der Waals surface area contributed by atoms with Crippen LogP contribution in [0.5, 0.6) is 11.5 Å². The van der Waals surface area contributed by atoms with E-state index in [-0.39, 0.29) is 35.0 Å². The standard InChI is InChI=1S/C17H18O6/c18-13(9-23-21)11-7-15-16(14(19)8-22-15)17(20)12(11)6-10-4-2-1-3-5-10/h4,7,20-21H,1-3,5-6,8-9H2. The largest absolute Gasteiger partial charge is 0.507 e. The molecule has 1 aromatic rings. The van der Waals surface area contributed by atoms with Gasteiger partial charge in [-0.25, -0.2) is 4.89 Å². The summed E-state index contributed by atoms with van der Waals surface area (Å²) in [5.41, 5.74) is 1.89. The van der Waals surface area contributed by atoms with Crippen molar-refractivity contribution < 1.29 is 29.6 Å². The topological polar surface area (TPSA) is 93.1 Å². The molecule has 6 nitrogen and oxygen atoms in total. The van der Waals surface area contributed by atoms with Gasteiger partial charge < -0.3 is 9.84 Å². The van der Waals surface area contributed by atoms with Crippen LogP contribution in [0.15, 0.2) is 17.7 Å². The molecule has 2 aliphatic rings. The summed E-state index contributed by atoms with van der Waals surface area (Å²) < 4.78 is 5.23. The number of carbonyl (C=O) groups excluding carboxylic acids is 2. The van der Waals surface area contributed by atoms with Gasteiger partial charge in [0.2, 0.25) is 5.78 Å². The number of aromatic hydroxyl groups is 1. The van der Waals surface area contributed by atoms with Crippen molar-refractivity contribution in [3.8, 4) is 11.5 Å². The Hall–Kier alpha value is -2.18. The number of phenols is 1. The lowest BCUT2D eigenvalue weighted by atomic mass is 9.89. The van der Waals surface area contributed by atoms with Gasteiger partial charge in [0.05, 0.1) is 0 Å². The first-order valence-corrected chi connectivity index (χ1v) is 7.64. The van der Waals surface area contributed by atoms with E-state index in [1.54, 1.807) is 0 Å². The van der Waals surface area contributed by atoms with E-state index < -0.39 is 12.4 Å². The predicted octanol–water partition coefficient (Wildman–Crippen LogP) is 2.68. The summed E-state index contributed by atoms with van der Waals surface area (Å²) in [6, 6.07) is 1.46. The third kappa shape index (κ3) is 3.00. The van der Waals surface area contributed by atoms with Gasteiger partial charge in [-0.2, -0.15) is 0 Å². The number of hydrogen-bond acceptors (Lipinski definition) is 6. The molecule has 23 heavy (non-hydrogen) atoms. The molecule has 1 aliphatic carbocycles. The second-order valence-electron chi connectivity index (χ2n) is 5.82. The first-order valence-electron chi connectivity index (χ1n) is 7.64. The molecule has 0 saturated heterocycles. The van der Waals surface area contributed by atoms with E-state index >= 15 is 0 Å². The Labute approximate surface area is 133 Å². The average molecular weight is 318 g/mol. The molecule has 0 aromatic heterocycles. The number of carbonyl (C=O) groups is 2. The highest BCUT2D eigenvalue weighted by molar-refractivity contribution is 6.08. The normalized spacial score (nSPS) is 16.7. The van der Waals surface area contributed by atoms with Crippen molar-refractivity contribution in [2.45, 2.75) is 32.1 Å². The quantitative estimate of drug-likeness (QED) is 0.375. The maximum atomic E-state index is 12.2. The minimum absolute atomic E-state index is 0.137. The zero-order chi connectivity index (χ0) is 16.4. The van der Waals surface area contributed by atoms with Gasteiger partial charge in [0, 0.05) is 11.1 Å². The number of ketones is 2. The Morgan fingerprint density at radius 1 is 1.35 bits per heavy atom. The number of ether oxygens (including phenoxy) is 1. The van der Waals surface area contributed by atoms with Crippen LogP contribution in [0.1, 0.15) is 52.0 Å². The molecule has 0 saturated carbocycles. The van der Waals surface area contributed by atoms with Crippen molar-refractivity contribution in [2.24, 2.45) is 0 Å². The summed E-state index contributed by atoms with van der Waals surface area (Å²) in [7, 11) is 0. The number of rotatable bonds is 5. The van der Waals surface area contributed by atoms with Crippen molar-refractivity contribution in [3.63, 3.8) is 0 Å². The second kappa shape index (κ2) is 6.52. The Bertz CT molecular complexity index is 689. The van der Waals surface area contributed by atoms with E-state index in [0.29, 0.717) is 12.0 Å². The van der Waals surface area contributed by atoms with Crippen molar-refractivity contribution in [2.75, 3.05) is 13.2 Å². The Balaban J connectivity index is 2.06. The molecule has 1 aliphatic heterocycles. The highest BCUT2D eigenvalue weighted by Gasteiger charge is 2.31. The number of phenolic OH excluding ortho intramolecular Hbond substituents is 1. The molecule has 0 unspecified atom stereocenters. The van der Waals surface area contributed by atoms with Gasteiger partial charge in [-0.3, -0.25) is 14.8 Å². The third-order valence-corrected chi connectivity index (χ3v) is 4.29. The fraction of sp³-hybridized carbons (Fsp3) is 0.412. The summed E-state index contributed by atoms with van der Waals surface area (Å²) in [5, 5.41) is 19.1. The summed E-state index contributed by atoms with van der Waals surface area (Å²) in [6.07, 6.45) is 6.61. The molecule has 122 valence electrons. The van der Waals surface area contributed by atoms with Gasteiger partial charge in [-0.15, -0.1) is 0 Å². The van der Waals surface area contributed by atoms with Crippen molar-refractivity contribution in [1.82, 2.24) is 0 Å². The molecule has 0 amide bonds. The van der Waals surface area contributed by atoms with E-state index in [0.717, 1.165) is 31.3 Å². The highest BCUT2D eigenvalue weighted by atomic mass is 17.1. The lowest BCUT2D eigenvalue weighted by molar-refractivity contribution is -0.230. The van der Waals surface area contributed by atoms with Gasteiger partial charge in [0.15, 0.2) is 12.4 Å². The van der Waals surface area contributed by atoms with Crippen LogP contribution in [0, 0.1) is 0 Å². The minimum Gasteiger partial charge on any atom is -0.507 e. The first-order chi connectivity index (χ1) is 11.1. The number of Topliss-reactive ketones (excluding diaryl/α,β-unsaturated/α-hetero) is 2. The zero-order valence-corrected chi connectivity index (χ0v) is 12.6. The highest BCUT2D eigenvalue weighted by Crippen LogP contribution is 2.40. The van der Waals surface area contributed by atoms with Crippen LogP contribution in [0.2, 0.25) is 0 Å². The van der Waals surface area contributed by atoms with Gasteiger partial charge >= 0.3 is 0 Å². The Morgan fingerprint density at radius 2 is 2.17 bits per heavy atom.